The molecule has 2 aromatic heterocycles. The van der Waals surface area contributed by atoms with Crippen LogP contribution in [0.1, 0.15) is 50.3 Å². The van der Waals surface area contributed by atoms with Crippen LogP contribution in [0.3, 0.4) is 0 Å². The molecule has 3 heterocycles. The molecule has 8 nitrogen and oxygen atoms in total. The van der Waals surface area contributed by atoms with E-state index in [0.29, 0.717) is 5.95 Å². The smallest absolute Gasteiger partial charge is 0.226 e. The molecule has 2 aliphatic rings. The van der Waals surface area contributed by atoms with Gasteiger partial charge in [-0.25, -0.2) is 9.97 Å². The van der Waals surface area contributed by atoms with Crippen molar-refractivity contribution in [3.05, 3.63) is 24.2 Å². The van der Waals surface area contributed by atoms with Gasteiger partial charge in [-0.3, -0.25) is 9.89 Å². The summed E-state index contributed by atoms with van der Waals surface area (Å²) in [6.07, 6.45) is 9.59. The van der Waals surface area contributed by atoms with Gasteiger partial charge in [0.1, 0.15) is 0 Å². The second-order valence-corrected chi connectivity index (χ2v) is 8.24. The highest BCUT2D eigenvalue weighted by molar-refractivity contribution is 5.80. The van der Waals surface area contributed by atoms with Crippen molar-refractivity contribution in [1.29, 1.82) is 0 Å². The molecule has 1 aliphatic carbocycles. The first-order chi connectivity index (χ1) is 14.1. The number of nitrogens with zero attached hydrogens (tertiary/aromatic N) is 5. The first kappa shape index (κ1) is 19.8. The van der Waals surface area contributed by atoms with Crippen LogP contribution in [0.2, 0.25) is 0 Å². The van der Waals surface area contributed by atoms with Crippen molar-refractivity contribution in [3.8, 4) is 11.3 Å². The van der Waals surface area contributed by atoms with E-state index in [1.807, 2.05) is 30.0 Å². The normalized spacial score (nSPS) is 24.7. The average Bonchev–Trinajstić information content (AvgIpc) is 3.42. The summed E-state index contributed by atoms with van der Waals surface area (Å²) in [5, 5.41) is 7.45. The van der Waals surface area contributed by atoms with Crippen LogP contribution in [-0.2, 0) is 9.53 Å². The maximum atomic E-state index is 13.4. The van der Waals surface area contributed by atoms with Crippen LogP contribution in [0.15, 0.2) is 18.5 Å². The Morgan fingerprint density at radius 2 is 2.14 bits per heavy atom. The van der Waals surface area contributed by atoms with Gasteiger partial charge in [-0.05, 0) is 38.2 Å². The zero-order valence-corrected chi connectivity index (χ0v) is 17.5. The van der Waals surface area contributed by atoms with E-state index in [1.54, 1.807) is 19.5 Å². The highest BCUT2D eigenvalue weighted by Crippen LogP contribution is 2.38. The molecule has 4 rings (SSSR count). The summed E-state index contributed by atoms with van der Waals surface area (Å²) in [5.41, 5.74) is 2.74. The third kappa shape index (κ3) is 3.99. The van der Waals surface area contributed by atoms with Gasteiger partial charge in [0.15, 0.2) is 0 Å². The van der Waals surface area contributed by atoms with Crippen LogP contribution in [-0.4, -0.2) is 64.8 Å². The highest BCUT2D eigenvalue weighted by atomic mass is 16.5. The number of nitrogens with one attached hydrogen (secondary N) is 1. The summed E-state index contributed by atoms with van der Waals surface area (Å²) < 4.78 is 5.54. The number of aromatic nitrogens is 4. The second kappa shape index (κ2) is 8.49. The van der Waals surface area contributed by atoms with Crippen LogP contribution in [0, 0.1) is 5.92 Å². The first-order valence-corrected chi connectivity index (χ1v) is 10.5. The number of hydrogen-bond donors (Lipinski definition) is 1. The van der Waals surface area contributed by atoms with Crippen molar-refractivity contribution in [1.82, 2.24) is 25.1 Å². The third-order valence-electron chi connectivity index (χ3n) is 6.17. The summed E-state index contributed by atoms with van der Waals surface area (Å²) in [5.74, 6) is 0.966. The minimum atomic E-state index is 0.0145. The molecule has 3 atom stereocenters. The van der Waals surface area contributed by atoms with E-state index >= 15 is 0 Å². The van der Waals surface area contributed by atoms with Crippen LogP contribution in [0.5, 0.6) is 0 Å². The van der Waals surface area contributed by atoms with Gasteiger partial charge in [0, 0.05) is 45.4 Å². The Morgan fingerprint density at radius 1 is 1.28 bits per heavy atom. The number of ether oxygens (including phenoxy) is 1. The summed E-state index contributed by atoms with van der Waals surface area (Å²) in [7, 11) is 5.59. The topological polar surface area (TPSA) is 87.2 Å². The van der Waals surface area contributed by atoms with Crippen LogP contribution < -0.4 is 4.90 Å². The number of carbonyl (C=O) groups is 1. The summed E-state index contributed by atoms with van der Waals surface area (Å²) >= 11 is 0. The van der Waals surface area contributed by atoms with E-state index < -0.39 is 0 Å². The van der Waals surface area contributed by atoms with Gasteiger partial charge in [0.05, 0.1) is 29.7 Å². The molecule has 0 aromatic carbocycles. The van der Waals surface area contributed by atoms with Crippen molar-refractivity contribution in [2.75, 3.05) is 32.6 Å². The van der Waals surface area contributed by atoms with Gasteiger partial charge in [-0.2, -0.15) is 5.10 Å². The van der Waals surface area contributed by atoms with E-state index in [1.165, 1.54) is 0 Å². The second-order valence-electron chi connectivity index (χ2n) is 8.24. The molecule has 2 aromatic rings. The minimum absolute atomic E-state index is 0.0145. The first-order valence-electron chi connectivity index (χ1n) is 10.5. The van der Waals surface area contributed by atoms with Gasteiger partial charge >= 0.3 is 0 Å². The fourth-order valence-electron chi connectivity index (χ4n) is 4.62. The largest absolute Gasteiger partial charge is 0.381 e. The third-order valence-corrected chi connectivity index (χ3v) is 6.17. The number of H-pyrrole nitrogens is 1. The van der Waals surface area contributed by atoms with Gasteiger partial charge in [0.25, 0.3) is 0 Å². The monoisotopic (exact) mass is 398 g/mol. The molecule has 29 heavy (non-hydrogen) atoms. The number of likely N-dealkylation sites (tertiary alicyclic amines) is 1. The lowest BCUT2D eigenvalue weighted by molar-refractivity contribution is -0.139. The van der Waals surface area contributed by atoms with Crippen molar-refractivity contribution >= 4 is 11.9 Å². The average molecular weight is 399 g/mol. The molecule has 3 unspecified atom stereocenters. The van der Waals surface area contributed by atoms with Gasteiger partial charge in [-0.15, -0.1) is 0 Å². The van der Waals surface area contributed by atoms with E-state index in [-0.39, 0.29) is 24.0 Å². The number of hydrogen-bond acceptors (Lipinski definition) is 6. The molecule has 0 spiro atoms. The van der Waals surface area contributed by atoms with Gasteiger partial charge in [-0.1, -0.05) is 6.42 Å². The number of methoxy groups -OCH3 is 1. The summed E-state index contributed by atoms with van der Waals surface area (Å²) in [6.45, 7) is 0.794. The molecule has 1 N–H and O–H groups in total. The zero-order chi connectivity index (χ0) is 20.4. The SMILES string of the molecule is COC1CCCC(C(=O)N2CCCC2c2[nH]ncc2-c2ccnc(N(C)C)n2)C1. The lowest BCUT2D eigenvalue weighted by Gasteiger charge is -2.33. The summed E-state index contributed by atoms with van der Waals surface area (Å²) in [6, 6.07) is 1.91. The minimum Gasteiger partial charge on any atom is -0.381 e. The van der Waals surface area contributed by atoms with Crippen molar-refractivity contribution in [3.63, 3.8) is 0 Å². The van der Waals surface area contributed by atoms with E-state index in [0.717, 1.165) is 62.0 Å². The molecule has 8 heteroatoms. The Hall–Kier alpha value is -2.48. The number of amides is 1. The molecule has 156 valence electrons. The molecule has 2 fully saturated rings. The van der Waals surface area contributed by atoms with Crippen molar-refractivity contribution in [2.24, 2.45) is 5.92 Å². The molecule has 1 saturated heterocycles. The molecular formula is C21H30N6O2. The molecule has 0 bridgehead atoms. The standard InChI is InChI=1S/C21H30N6O2/c1-26(2)21-22-10-9-17(24-21)16-13-23-25-19(16)18-8-5-11-27(18)20(28)14-6-4-7-15(12-14)29-3/h9-10,13-15,18H,4-8,11-12H2,1-3H3,(H,23,25). The predicted molar refractivity (Wildman–Crippen MR) is 110 cm³/mol. The molecule has 1 saturated carbocycles. The van der Waals surface area contributed by atoms with Crippen LogP contribution in [0.25, 0.3) is 11.3 Å². The molecule has 1 amide bonds. The Kier molecular flexibility index (Phi) is 5.80. The quantitative estimate of drug-likeness (QED) is 0.833. The summed E-state index contributed by atoms with van der Waals surface area (Å²) in [4.78, 5) is 26.3. The fraction of sp³-hybridized carbons (Fsp3) is 0.619. The Labute approximate surface area is 171 Å². The molecule has 1 aliphatic heterocycles. The van der Waals surface area contributed by atoms with Crippen molar-refractivity contribution in [2.45, 2.75) is 50.7 Å². The molecule has 0 radical (unpaired) electrons. The molecular weight excluding hydrogens is 368 g/mol. The van der Waals surface area contributed by atoms with E-state index in [9.17, 15) is 4.79 Å². The van der Waals surface area contributed by atoms with Crippen molar-refractivity contribution < 1.29 is 9.53 Å². The predicted octanol–water partition coefficient (Wildman–Crippen LogP) is 2.80. The number of aromatic amines is 1. The number of rotatable bonds is 5. The fourth-order valence-corrected chi connectivity index (χ4v) is 4.62. The Balaban J connectivity index is 1.58. The van der Waals surface area contributed by atoms with Crippen LogP contribution in [0.4, 0.5) is 5.95 Å². The Bertz CT molecular complexity index is 851. The Morgan fingerprint density at radius 3 is 2.93 bits per heavy atom. The lowest BCUT2D eigenvalue weighted by atomic mass is 9.86. The van der Waals surface area contributed by atoms with Gasteiger partial charge < -0.3 is 14.5 Å². The maximum Gasteiger partial charge on any atom is 0.226 e. The number of anilines is 1. The van der Waals surface area contributed by atoms with Gasteiger partial charge in [0.2, 0.25) is 11.9 Å². The number of carbonyl (C=O) groups excluding carboxylic acids is 1. The zero-order valence-electron chi connectivity index (χ0n) is 17.5. The van der Waals surface area contributed by atoms with E-state index in [2.05, 4.69) is 20.2 Å². The lowest BCUT2D eigenvalue weighted by Crippen LogP contribution is -2.39. The van der Waals surface area contributed by atoms with E-state index in [4.69, 9.17) is 4.74 Å². The maximum absolute atomic E-state index is 13.4. The van der Waals surface area contributed by atoms with Crippen LogP contribution >= 0.6 is 0 Å². The highest BCUT2D eigenvalue weighted by Gasteiger charge is 2.38.